The Morgan fingerprint density at radius 2 is 1.36 bits per heavy atom. The maximum atomic E-state index is 13.5. The third-order valence-electron chi connectivity index (χ3n) is 12.7. The van der Waals surface area contributed by atoms with Gasteiger partial charge in [-0.15, -0.1) is 0 Å². The van der Waals surface area contributed by atoms with Crippen LogP contribution in [0.4, 0.5) is 37.9 Å². The molecule has 0 bridgehead atoms. The molecule has 0 unspecified atom stereocenters. The predicted octanol–water partition coefficient (Wildman–Crippen LogP) is 7.62. The fourth-order valence-corrected chi connectivity index (χ4v) is 10.4. The number of rotatable bonds is 39. The standard InChI is InChI=1S/C57H77ClFN11O9S/c1-70(27-9-20-55(74)67-44-15-7-14-43(35-44)65-50-37-51(64-40-63-50)66-45-21-22-48(46(58)36-45)79-38-41-12-6-13-42(59)34-41)26-5-4-23-60-53(72)18-8-19-54(73)62-25-11-29-77-31-33-78-32-30-76-28-10-24-61-52(71)17-3-2-16-49-56-47(39-80-49)68-57(75)69-56/h6-7,9,12-15,20-22,34-37,40,47,49,56H,2-5,8,10-11,16-19,23-33,38-39H2,1H3,(H,60,72)(H,61,71)(H,62,73)(H,67,74)(H2,68,69,75)(H2,63,64,65,66)/b20-9+/t47-,49-,56-/m0/s1. The van der Waals surface area contributed by atoms with Gasteiger partial charge in [0.1, 0.15) is 36.1 Å². The molecule has 1 aromatic heterocycles. The first-order valence-corrected chi connectivity index (χ1v) is 28.9. The summed E-state index contributed by atoms with van der Waals surface area (Å²) in [6.07, 6.45) is 12.2. The molecule has 0 spiro atoms. The van der Waals surface area contributed by atoms with E-state index in [1.165, 1.54) is 24.5 Å². The zero-order valence-corrected chi connectivity index (χ0v) is 47.1. The summed E-state index contributed by atoms with van der Waals surface area (Å²) < 4.78 is 36.0. The highest BCUT2D eigenvalue weighted by molar-refractivity contribution is 8.00. The number of ether oxygens (including phenoxy) is 4. The molecule has 23 heteroatoms. The van der Waals surface area contributed by atoms with Crippen molar-refractivity contribution in [2.75, 3.05) is 101 Å². The Morgan fingerprint density at radius 1 is 0.725 bits per heavy atom. The van der Waals surface area contributed by atoms with Crippen molar-refractivity contribution in [1.82, 2.24) is 41.5 Å². The SMILES string of the molecule is CN(C/C=C/C(=O)Nc1cccc(Nc2cc(Nc3ccc(OCc4cccc(F)c4)c(Cl)c3)ncn2)c1)CCCCNC(=O)CCCC(=O)NCCCOCCOCCOCCCNC(=O)CCCC[C@@H]1SC[C@@H]2NC(=O)N[C@@H]21. The number of unbranched alkanes of at least 4 members (excludes halogenated alkanes) is 2. The molecule has 3 aromatic carbocycles. The van der Waals surface area contributed by atoms with Gasteiger partial charge in [0.05, 0.1) is 43.5 Å². The first-order chi connectivity index (χ1) is 38.9. The molecule has 434 valence electrons. The van der Waals surface area contributed by atoms with Crippen LogP contribution in [0.3, 0.4) is 0 Å². The molecular formula is C57H77ClFN11O9S. The lowest BCUT2D eigenvalue weighted by Crippen LogP contribution is -2.36. The number of fused-ring (bicyclic) bond motifs is 1. The Morgan fingerprint density at radius 3 is 2.05 bits per heavy atom. The van der Waals surface area contributed by atoms with Gasteiger partial charge in [-0.2, -0.15) is 11.8 Å². The van der Waals surface area contributed by atoms with Crippen molar-refractivity contribution in [2.45, 2.75) is 94.6 Å². The van der Waals surface area contributed by atoms with Gasteiger partial charge in [0.2, 0.25) is 23.6 Å². The molecule has 4 aromatic rings. The Bertz CT molecular complexity index is 2610. The van der Waals surface area contributed by atoms with Crippen molar-refractivity contribution in [1.29, 1.82) is 0 Å². The number of urea groups is 1. The molecule has 8 N–H and O–H groups in total. The maximum Gasteiger partial charge on any atom is 0.315 e. The number of amides is 6. The molecular weight excluding hydrogens is 1070 g/mol. The topological polar surface area (TPSA) is 248 Å². The third kappa shape index (κ3) is 24.8. The van der Waals surface area contributed by atoms with Gasteiger partial charge in [0.25, 0.3) is 0 Å². The number of likely N-dealkylation sites (N-methyl/N-ethyl adjacent to an activating group) is 1. The summed E-state index contributed by atoms with van der Waals surface area (Å²) in [6.45, 7) is 6.02. The Labute approximate surface area is 477 Å². The number of nitrogens with one attached hydrogen (secondary N) is 8. The molecule has 3 atom stereocenters. The van der Waals surface area contributed by atoms with Crippen molar-refractivity contribution in [2.24, 2.45) is 0 Å². The zero-order valence-electron chi connectivity index (χ0n) is 45.5. The van der Waals surface area contributed by atoms with E-state index >= 15 is 0 Å². The largest absolute Gasteiger partial charge is 0.487 e. The molecule has 20 nitrogen and oxygen atoms in total. The van der Waals surface area contributed by atoms with Crippen LogP contribution in [-0.4, -0.2) is 147 Å². The molecule has 2 aliphatic rings. The predicted molar refractivity (Wildman–Crippen MR) is 310 cm³/mol. The minimum Gasteiger partial charge on any atom is -0.487 e. The average Bonchev–Trinajstić information content (AvgIpc) is 4.04. The number of nitrogens with zero attached hydrogens (tertiary/aromatic N) is 3. The van der Waals surface area contributed by atoms with Gasteiger partial charge in [-0.3, -0.25) is 19.2 Å². The van der Waals surface area contributed by atoms with E-state index in [4.69, 9.17) is 30.5 Å². The van der Waals surface area contributed by atoms with E-state index < -0.39 is 0 Å². The van der Waals surface area contributed by atoms with Gasteiger partial charge in [-0.1, -0.05) is 42.3 Å². The van der Waals surface area contributed by atoms with Crippen molar-refractivity contribution in [3.63, 3.8) is 0 Å². The summed E-state index contributed by atoms with van der Waals surface area (Å²) in [5.74, 6) is 1.75. The molecule has 3 heterocycles. The van der Waals surface area contributed by atoms with E-state index in [1.807, 2.05) is 30.9 Å². The smallest absolute Gasteiger partial charge is 0.315 e. The number of carbonyl (C=O) groups excluding carboxylic acids is 5. The van der Waals surface area contributed by atoms with Crippen LogP contribution in [0.15, 0.2) is 91.3 Å². The summed E-state index contributed by atoms with van der Waals surface area (Å²) >= 11 is 8.37. The normalized spacial score (nSPS) is 15.5. The van der Waals surface area contributed by atoms with Crippen LogP contribution in [-0.2, 0) is 40.0 Å². The quantitative estimate of drug-likeness (QED) is 0.0122. The van der Waals surface area contributed by atoms with E-state index in [0.717, 1.165) is 50.8 Å². The lowest BCUT2D eigenvalue weighted by molar-refractivity contribution is -0.123. The molecule has 2 saturated heterocycles. The summed E-state index contributed by atoms with van der Waals surface area (Å²) in [4.78, 5) is 71.7. The third-order valence-corrected chi connectivity index (χ3v) is 14.5. The second kappa shape index (κ2) is 35.9. The van der Waals surface area contributed by atoms with E-state index in [2.05, 4.69) is 57.4 Å². The van der Waals surface area contributed by atoms with Crippen LogP contribution >= 0.6 is 23.4 Å². The van der Waals surface area contributed by atoms with Gasteiger partial charge in [0, 0.05) is 98.9 Å². The van der Waals surface area contributed by atoms with Crippen LogP contribution in [0, 0.1) is 5.82 Å². The van der Waals surface area contributed by atoms with Crippen molar-refractivity contribution in [3.05, 3.63) is 108 Å². The molecule has 80 heavy (non-hydrogen) atoms. The van der Waals surface area contributed by atoms with E-state index in [1.54, 1.807) is 54.6 Å². The summed E-state index contributed by atoms with van der Waals surface area (Å²) in [6, 6.07) is 20.8. The molecule has 0 radical (unpaired) electrons. The highest BCUT2D eigenvalue weighted by Crippen LogP contribution is 2.33. The first-order valence-electron chi connectivity index (χ1n) is 27.5. The van der Waals surface area contributed by atoms with E-state index in [-0.39, 0.29) is 67.0 Å². The number of anilines is 5. The van der Waals surface area contributed by atoms with Crippen molar-refractivity contribution < 1.29 is 47.3 Å². The number of benzene rings is 3. The monoisotopic (exact) mass is 1150 g/mol. The van der Waals surface area contributed by atoms with Gasteiger partial charge >= 0.3 is 6.03 Å². The molecule has 0 aliphatic carbocycles. The lowest BCUT2D eigenvalue weighted by atomic mass is 10.0. The van der Waals surface area contributed by atoms with Gasteiger partial charge in [-0.25, -0.2) is 19.2 Å². The van der Waals surface area contributed by atoms with E-state index in [0.29, 0.717) is 135 Å². The fraction of sp³-hybridized carbons (Fsp3) is 0.491. The highest BCUT2D eigenvalue weighted by atomic mass is 35.5. The number of aromatic nitrogens is 2. The number of hydrogen-bond donors (Lipinski definition) is 8. The zero-order chi connectivity index (χ0) is 56.6. The molecule has 2 fully saturated rings. The van der Waals surface area contributed by atoms with Crippen LogP contribution < -0.4 is 47.3 Å². The minimum atomic E-state index is -0.333. The fourth-order valence-electron chi connectivity index (χ4n) is 8.59. The van der Waals surface area contributed by atoms with Crippen LogP contribution in [0.25, 0.3) is 0 Å². The highest BCUT2D eigenvalue weighted by Gasteiger charge is 2.42. The second-order valence-electron chi connectivity index (χ2n) is 19.4. The first kappa shape index (κ1) is 62.6. The summed E-state index contributed by atoms with van der Waals surface area (Å²) in [7, 11) is 1.97. The Balaban J connectivity index is 0.685. The summed E-state index contributed by atoms with van der Waals surface area (Å²) in [5, 5.41) is 24.9. The maximum absolute atomic E-state index is 13.5. The molecule has 2 aliphatic heterocycles. The molecule has 0 saturated carbocycles. The average molecular weight is 1150 g/mol. The number of carbonyl (C=O) groups is 5. The molecule has 6 amide bonds. The van der Waals surface area contributed by atoms with Crippen molar-refractivity contribution >= 4 is 81.7 Å². The number of halogens is 2. The molecule has 6 rings (SSSR count). The Kier molecular flexibility index (Phi) is 28.1. The second-order valence-corrected chi connectivity index (χ2v) is 21.0. The van der Waals surface area contributed by atoms with Crippen LogP contribution in [0.1, 0.15) is 76.2 Å². The number of thioether (sulfide) groups is 1. The van der Waals surface area contributed by atoms with Gasteiger partial charge in [0.15, 0.2) is 0 Å². The van der Waals surface area contributed by atoms with Gasteiger partial charge in [-0.05, 0) is 113 Å². The number of hydrogen-bond acceptors (Lipinski definition) is 15. The lowest BCUT2D eigenvalue weighted by Gasteiger charge is -2.16. The van der Waals surface area contributed by atoms with Crippen molar-refractivity contribution in [3.8, 4) is 5.75 Å². The van der Waals surface area contributed by atoms with Crippen LogP contribution in [0.2, 0.25) is 5.02 Å². The van der Waals surface area contributed by atoms with E-state index in [9.17, 15) is 28.4 Å². The Hall–Kier alpha value is -6.56. The van der Waals surface area contributed by atoms with Crippen LogP contribution in [0.5, 0.6) is 5.75 Å². The minimum absolute atomic E-state index is 0.0594. The van der Waals surface area contributed by atoms with Gasteiger partial charge < -0.3 is 66.4 Å². The summed E-state index contributed by atoms with van der Waals surface area (Å²) in [5.41, 5.74) is 2.67.